The molecule has 0 aliphatic rings. The summed E-state index contributed by atoms with van der Waals surface area (Å²) in [5.74, 6) is 0. The Labute approximate surface area is 129 Å². The van der Waals surface area contributed by atoms with Crippen LogP contribution >= 0.6 is 27.3 Å². The molecule has 2 aromatic rings. The van der Waals surface area contributed by atoms with Crippen LogP contribution in [0.25, 0.3) is 0 Å². The molecule has 1 aromatic heterocycles. The van der Waals surface area contributed by atoms with E-state index in [1.807, 2.05) is 26.1 Å². The van der Waals surface area contributed by atoms with Gasteiger partial charge in [-0.2, -0.15) is 0 Å². The first-order valence-corrected chi connectivity index (χ1v) is 7.66. The minimum Gasteiger partial charge on any atom is -0.304 e. The number of nitro groups is 1. The van der Waals surface area contributed by atoms with Gasteiger partial charge in [-0.05, 0) is 25.5 Å². The number of hydrogen-bond acceptors (Lipinski definition) is 5. The molecule has 0 saturated carbocycles. The van der Waals surface area contributed by atoms with Gasteiger partial charge >= 0.3 is 0 Å². The summed E-state index contributed by atoms with van der Waals surface area (Å²) in [6.07, 6.45) is 1.85. The third-order valence-corrected chi connectivity index (χ3v) is 4.33. The number of aromatic nitrogens is 1. The molecular formula is C13H14BrN3O2S. The van der Waals surface area contributed by atoms with Crippen LogP contribution in [0.1, 0.15) is 28.4 Å². The molecule has 0 fully saturated rings. The Hall–Kier alpha value is -1.31. The van der Waals surface area contributed by atoms with Crippen LogP contribution in [0.5, 0.6) is 0 Å². The van der Waals surface area contributed by atoms with Gasteiger partial charge in [0.15, 0.2) is 0 Å². The van der Waals surface area contributed by atoms with E-state index in [2.05, 4.69) is 26.2 Å². The predicted octanol–water partition coefficient (Wildman–Crippen LogP) is 3.97. The number of nitrogens with one attached hydrogen (secondary N) is 1. The molecule has 0 bridgehead atoms. The van der Waals surface area contributed by atoms with E-state index in [1.54, 1.807) is 17.4 Å². The smallest absolute Gasteiger partial charge is 0.270 e. The topological polar surface area (TPSA) is 68.1 Å². The molecule has 0 aliphatic heterocycles. The molecule has 0 saturated heterocycles. The van der Waals surface area contributed by atoms with E-state index in [1.165, 1.54) is 10.9 Å². The van der Waals surface area contributed by atoms with Crippen molar-refractivity contribution in [3.63, 3.8) is 0 Å². The highest BCUT2D eigenvalue weighted by molar-refractivity contribution is 9.10. The number of aryl methyl sites for hydroxylation is 1. The third kappa shape index (κ3) is 3.84. The molecule has 2 rings (SSSR count). The van der Waals surface area contributed by atoms with Gasteiger partial charge in [-0.25, -0.2) is 4.98 Å². The van der Waals surface area contributed by atoms with Crippen molar-refractivity contribution in [1.82, 2.24) is 10.3 Å². The summed E-state index contributed by atoms with van der Waals surface area (Å²) in [5.41, 5.74) is 0.958. The minimum absolute atomic E-state index is 0.0916. The minimum atomic E-state index is -0.387. The largest absolute Gasteiger partial charge is 0.304 e. The number of hydrogen-bond donors (Lipinski definition) is 1. The van der Waals surface area contributed by atoms with Gasteiger partial charge < -0.3 is 5.32 Å². The van der Waals surface area contributed by atoms with Crippen molar-refractivity contribution < 1.29 is 4.92 Å². The average molecular weight is 356 g/mol. The summed E-state index contributed by atoms with van der Waals surface area (Å²) >= 11 is 4.95. The maximum atomic E-state index is 10.8. The first-order chi connectivity index (χ1) is 9.45. The zero-order valence-corrected chi connectivity index (χ0v) is 13.5. The predicted molar refractivity (Wildman–Crippen MR) is 82.9 cm³/mol. The van der Waals surface area contributed by atoms with Crippen molar-refractivity contribution in [3.05, 3.63) is 54.4 Å². The molecule has 1 N–H and O–H groups in total. The van der Waals surface area contributed by atoms with Crippen LogP contribution in [0.2, 0.25) is 0 Å². The Morgan fingerprint density at radius 3 is 2.85 bits per heavy atom. The number of halogens is 1. The molecule has 5 nitrogen and oxygen atoms in total. The van der Waals surface area contributed by atoms with Gasteiger partial charge in [0.25, 0.3) is 5.69 Å². The number of nitrogens with zero attached hydrogens (tertiary/aromatic N) is 2. The monoisotopic (exact) mass is 355 g/mol. The number of thiazole rings is 1. The molecule has 1 unspecified atom stereocenters. The summed E-state index contributed by atoms with van der Waals surface area (Å²) in [7, 11) is 0. The number of non-ortho nitro benzene ring substituents is 1. The van der Waals surface area contributed by atoms with Crippen molar-refractivity contribution in [1.29, 1.82) is 0 Å². The lowest BCUT2D eigenvalue weighted by Crippen LogP contribution is -2.17. The van der Waals surface area contributed by atoms with Crippen LogP contribution in [0.4, 0.5) is 5.69 Å². The van der Waals surface area contributed by atoms with Crippen LogP contribution in [0.3, 0.4) is 0 Å². The average Bonchev–Trinajstić information content (AvgIpc) is 2.82. The highest BCUT2D eigenvalue weighted by Gasteiger charge is 2.11. The van der Waals surface area contributed by atoms with Crippen LogP contribution in [0, 0.1) is 17.0 Å². The molecule has 0 spiro atoms. The van der Waals surface area contributed by atoms with E-state index in [0.717, 1.165) is 10.6 Å². The van der Waals surface area contributed by atoms with Gasteiger partial charge in [-0.3, -0.25) is 10.1 Å². The van der Waals surface area contributed by atoms with E-state index >= 15 is 0 Å². The highest BCUT2D eigenvalue weighted by Crippen LogP contribution is 2.23. The highest BCUT2D eigenvalue weighted by atomic mass is 79.9. The maximum absolute atomic E-state index is 10.8. The molecule has 20 heavy (non-hydrogen) atoms. The van der Waals surface area contributed by atoms with Gasteiger partial charge in [-0.1, -0.05) is 15.9 Å². The first kappa shape index (κ1) is 15.1. The molecule has 1 heterocycles. The Kier molecular flexibility index (Phi) is 4.85. The van der Waals surface area contributed by atoms with Crippen LogP contribution in [-0.4, -0.2) is 9.91 Å². The second-order valence-electron chi connectivity index (χ2n) is 4.49. The second kappa shape index (κ2) is 6.43. The third-order valence-electron chi connectivity index (χ3n) is 2.78. The lowest BCUT2D eigenvalue weighted by atomic mass is 10.2. The van der Waals surface area contributed by atoms with Gasteiger partial charge in [-0.15, -0.1) is 11.3 Å². The fraction of sp³-hybridized carbons (Fsp3) is 0.308. The molecule has 106 valence electrons. The van der Waals surface area contributed by atoms with Gasteiger partial charge in [0.2, 0.25) is 0 Å². The van der Waals surface area contributed by atoms with E-state index < -0.39 is 0 Å². The van der Waals surface area contributed by atoms with Crippen molar-refractivity contribution in [3.8, 4) is 0 Å². The Balaban J connectivity index is 2.05. The lowest BCUT2D eigenvalue weighted by molar-refractivity contribution is -0.385. The van der Waals surface area contributed by atoms with E-state index in [4.69, 9.17) is 0 Å². The quantitative estimate of drug-likeness (QED) is 0.650. The first-order valence-electron chi connectivity index (χ1n) is 6.05. The summed E-state index contributed by atoms with van der Waals surface area (Å²) in [6.45, 7) is 4.61. The second-order valence-corrected chi connectivity index (χ2v) is 6.67. The lowest BCUT2D eigenvalue weighted by Gasteiger charge is -2.11. The van der Waals surface area contributed by atoms with E-state index in [0.29, 0.717) is 11.0 Å². The molecule has 7 heteroatoms. The number of benzene rings is 1. The van der Waals surface area contributed by atoms with E-state index in [-0.39, 0.29) is 16.7 Å². The van der Waals surface area contributed by atoms with Crippen LogP contribution in [-0.2, 0) is 6.54 Å². The molecule has 0 amide bonds. The fourth-order valence-electron chi connectivity index (χ4n) is 1.77. The SMILES string of the molecule is Cc1cnc(C(C)NCc2cc(Br)cc([N+](=O)[O-])c2)s1. The van der Waals surface area contributed by atoms with Crippen LogP contribution in [0.15, 0.2) is 28.9 Å². The summed E-state index contributed by atoms with van der Waals surface area (Å²) < 4.78 is 0.709. The normalized spacial score (nSPS) is 12.3. The number of rotatable bonds is 5. The Bertz CT molecular complexity index is 630. The van der Waals surface area contributed by atoms with Crippen molar-refractivity contribution in [2.75, 3.05) is 0 Å². The zero-order chi connectivity index (χ0) is 14.7. The van der Waals surface area contributed by atoms with Crippen LogP contribution < -0.4 is 5.32 Å². The van der Waals surface area contributed by atoms with Gasteiger partial charge in [0, 0.05) is 34.2 Å². The Morgan fingerprint density at radius 2 is 2.25 bits per heavy atom. The Morgan fingerprint density at radius 1 is 1.50 bits per heavy atom. The van der Waals surface area contributed by atoms with E-state index in [9.17, 15) is 10.1 Å². The van der Waals surface area contributed by atoms with Crippen molar-refractivity contribution in [2.45, 2.75) is 26.4 Å². The fourth-order valence-corrected chi connectivity index (χ4v) is 3.10. The standard InChI is InChI=1S/C13H14BrN3O2S/c1-8-6-16-13(20-8)9(2)15-7-10-3-11(14)5-12(4-10)17(18)19/h3-6,9,15H,7H2,1-2H3. The number of nitro benzene ring substituents is 1. The molecule has 0 aliphatic carbocycles. The summed E-state index contributed by atoms with van der Waals surface area (Å²) in [5, 5.41) is 15.2. The maximum Gasteiger partial charge on any atom is 0.270 e. The van der Waals surface area contributed by atoms with Gasteiger partial charge in [0.1, 0.15) is 5.01 Å². The van der Waals surface area contributed by atoms with Gasteiger partial charge in [0.05, 0.1) is 11.0 Å². The van der Waals surface area contributed by atoms with Crippen molar-refractivity contribution in [2.24, 2.45) is 0 Å². The summed E-state index contributed by atoms with van der Waals surface area (Å²) in [6, 6.07) is 5.07. The molecule has 1 atom stereocenters. The zero-order valence-electron chi connectivity index (χ0n) is 11.1. The summed E-state index contributed by atoms with van der Waals surface area (Å²) in [4.78, 5) is 15.9. The molecule has 1 aromatic carbocycles. The molecular weight excluding hydrogens is 342 g/mol. The van der Waals surface area contributed by atoms with Crippen molar-refractivity contribution >= 4 is 33.0 Å². The molecule has 0 radical (unpaired) electrons.